The van der Waals surface area contributed by atoms with Gasteiger partial charge in [-0.05, 0) is 170 Å². The molecule has 0 radical (unpaired) electrons. The normalized spacial score (nSPS) is 13.3. The van der Waals surface area contributed by atoms with Crippen LogP contribution in [0, 0.1) is 32.6 Å². The molecular weight excluding hydrogens is 1280 g/mol. The van der Waals surface area contributed by atoms with Crippen LogP contribution in [0.5, 0.6) is 0 Å². The third kappa shape index (κ3) is 12.9. The van der Waals surface area contributed by atoms with Gasteiger partial charge < -0.3 is 26.0 Å². The zero-order valence-electron chi connectivity index (χ0n) is 43.8. The van der Waals surface area contributed by atoms with Crippen molar-refractivity contribution in [1.82, 2.24) is 27.4 Å². The molecule has 4 aromatic carbocycles. The number of amides is 2. The smallest absolute Gasteiger partial charge is 0.337 e. The quantitative estimate of drug-likeness (QED) is 0.0943. The van der Waals surface area contributed by atoms with Crippen LogP contribution in [0.15, 0.2) is 114 Å². The number of hydrogen-bond donors (Lipinski definition) is 4. The molecule has 3 fully saturated rings. The van der Waals surface area contributed by atoms with Gasteiger partial charge in [0.15, 0.2) is 0 Å². The molecule has 19 nitrogen and oxygen atoms in total. The summed E-state index contributed by atoms with van der Waals surface area (Å²) in [5, 5.41) is 11.7. The lowest BCUT2D eigenvalue weighted by Gasteiger charge is -2.21. The first-order chi connectivity index (χ1) is 37.7. The number of anilines is 6. The van der Waals surface area contributed by atoms with Crippen LogP contribution >= 0.6 is 45.2 Å². The molecule has 11 rings (SSSR count). The Morgan fingerprint density at radius 2 is 1.10 bits per heavy atom. The number of halogens is 4. The van der Waals surface area contributed by atoms with Crippen LogP contribution in [0.1, 0.15) is 97.9 Å². The molecule has 0 atom stereocenters. The van der Waals surface area contributed by atoms with E-state index in [9.17, 15) is 42.7 Å². The van der Waals surface area contributed by atoms with Gasteiger partial charge in [0.1, 0.15) is 33.9 Å². The minimum absolute atomic E-state index is 0. The van der Waals surface area contributed by atoms with E-state index in [2.05, 4.69) is 21.3 Å². The van der Waals surface area contributed by atoms with E-state index in [1.165, 1.54) is 83.3 Å². The Labute approximate surface area is 498 Å². The molecule has 2 saturated carbocycles. The van der Waals surface area contributed by atoms with Crippen LogP contribution in [0.25, 0.3) is 33.3 Å². The molecule has 434 valence electrons. The Morgan fingerprint density at radius 3 is 1.63 bits per heavy atom. The van der Waals surface area contributed by atoms with Crippen molar-refractivity contribution in [1.29, 1.82) is 0 Å². The van der Waals surface area contributed by atoms with E-state index in [4.69, 9.17) is 4.74 Å². The largest absolute Gasteiger partial charge is 0.381 e. The Balaban J connectivity index is 0.000000235. The van der Waals surface area contributed by atoms with Crippen molar-refractivity contribution in [3.63, 3.8) is 0 Å². The number of pyridine rings is 2. The van der Waals surface area contributed by atoms with E-state index in [-0.39, 0.29) is 102 Å². The summed E-state index contributed by atoms with van der Waals surface area (Å²) in [6, 6.07) is 21.8. The van der Waals surface area contributed by atoms with Crippen molar-refractivity contribution in [3.8, 4) is 11.4 Å². The number of hydrogen-bond acceptors (Lipinski definition) is 11. The average molecular weight is 1350 g/mol. The van der Waals surface area contributed by atoms with Crippen molar-refractivity contribution in [3.05, 3.63) is 177 Å². The Morgan fingerprint density at radius 1 is 0.585 bits per heavy atom. The highest BCUT2D eigenvalue weighted by Crippen LogP contribution is 2.36. The summed E-state index contributed by atoms with van der Waals surface area (Å²) in [4.78, 5) is 105. The third-order valence-electron chi connectivity index (χ3n) is 13.5. The molecule has 1 saturated heterocycles. The maximum Gasteiger partial charge on any atom is 0.337 e. The van der Waals surface area contributed by atoms with Crippen LogP contribution in [-0.2, 0) is 28.4 Å². The molecule has 8 aromatic rings. The number of nitrogens with zero attached hydrogens (tertiary/aromatic N) is 6. The first-order valence-electron chi connectivity index (χ1n) is 25.3. The summed E-state index contributed by atoms with van der Waals surface area (Å²) in [5.41, 5.74) is -0.598. The van der Waals surface area contributed by atoms with Crippen LogP contribution in [0.3, 0.4) is 0 Å². The second-order valence-electron chi connectivity index (χ2n) is 19.5. The lowest BCUT2D eigenvalue weighted by Crippen LogP contribution is -2.42. The lowest BCUT2D eigenvalue weighted by atomic mass is 10.1. The van der Waals surface area contributed by atoms with Gasteiger partial charge in [-0.15, -0.1) is 0 Å². The number of carbonyl (C=O) groups is 2. The van der Waals surface area contributed by atoms with Crippen LogP contribution in [0.2, 0.25) is 0 Å². The molecule has 4 N–H and O–H groups in total. The van der Waals surface area contributed by atoms with E-state index in [1.54, 1.807) is 74.5 Å². The SMILES string of the molecule is C.C.C.C1CCOC1.CC(=O)Nc1cccc(-n2c(=O)n(C3CC3)c(=O)c3c(Nc4ccc(I)cc4F)n(C)c(=O)c(C)c32)c1.CC(=O)Nc1cccc(Nc2c(C)c(=O)n(C)c3c2c(=O)n(C2CC2)c(=O)n3-c2ccc(I)cc2F)c1. The number of ether oxygens (including phenoxy) is 1. The van der Waals surface area contributed by atoms with Crippen LogP contribution in [-0.4, -0.2) is 52.4 Å². The topological polar surface area (TPSA) is 223 Å². The highest BCUT2D eigenvalue weighted by molar-refractivity contribution is 14.1. The van der Waals surface area contributed by atoms with E-state index in [0.717, 1.165) is 22.3 Å². The third-order valence-corrected chi connectivity index (χ3v) is 14.9. The first-order valence-corrected chi connectivity index (χ1v) is 27.4. The Kier molecular flexibility index (Phi) is 20.3. The molecule has 82 heavy (non-hydrogen) atoms. The zero-order valence-corrected chi connectivity index (χ0v) is 48.1. The van der Waals surface area contributed by atoms with Gasteiger partial charge in [-0.3, -0.25) is 51.6 Å². The Bertz CT molecular complexity index is 4190. The van der Waals surface area contributed by atoms with Gasteiger partial charge in [0, 0.05) is 88.6 Å². The molecule has 0 spiro atoms. The van der Waals surface area contributed by atoms with Gasteiger partial charge >= 0.3 is 11.4 Å². The molecule has 23 heteroatoms. The van der Waals surface area contributed by atoms with E-state index < -0.39 is 45.3 Å². The maximum atomic E-state index is 15.2. The predicted molar refractivity (Wildman–Crippen MR) is 338 cm³/mol. The fourth-order valence-corrected chi connectivity index (χ4v) is 10.4. The summed E-state index contributed by atoms with van der Waals surface area (Å²) in [6.07, 6.45) is 5.21. The summed E-state index contributed by atoms with van der Waals surface area (Å²) in [7, 11) is 2.95. The monoisotopic (exact) mass is 1350 g/mol. The molecular formula is C59H66F2I2N10O9. The van der Waals surface area contributed by atoms with Gasteiger partial charge in [-0.2, -0.15) is 0 Å². The minimum atomic E-state index is -0.697. The highest BCUT2D eigenvalue weighted by Gasteiger charge is 2.34. The molecule has 5 heterocycles. The van der Waals surface area contributed by atoms with Crippen LogP contribution in [0.4, 0.5) is 43.0 Å². The lowest BCUT2D eigenvalue weighted by molar-refractivity contribution is -0.115. The van der Waals surface area contributed by atoms with Crippen molar-refractivity contribution < 1.29 is 23.1 Å². The molecule has 0 unspecified atom stereocenters. The van der Waals surface area contributed by atoms with Crippen molar-refractivity contribution in [2.75, 3.05) is 34.5 Å². The number of aryl methyl sites for hydroxylation is 2. The number of rotatable bonds is 10. The average Bonchev–Trinajstić information content (AvgIpc) is 1.39. The van der Waals surface area contributed by atoms with Gasteiger partial charge in [0.25, 0.3) is 22.2 Å². The standard InChI is InChI=1S/2C26H23FIN5O4.C4H8O.3CH4/c1-13-22-21(23(31(3)24(13)35)30-20-10-7-15(28)11-19(20)27)25(36)33(17-8-9-17)26(37)32(22)18-6-4-5-16(12-18)29-14(2)34;1-13-22(30-17-6-4-5-16(12-17)29-14(2)34)21-23(31(3)24(13)35)33(20-10-7-15(28)11-19(20)27)26(37)32(25(21)36)18-8-9-18;1-2-4-5-3-1;;;/h4-7,10-12,17,30H,8-9H2,1-3H3,(H,29,34);4-7,10-12,18,30H,8-9H2,1-3H3,(H,29,34);1-4H2;3*1H4. The first kappa shape index (κ1) is 63.7. The summed E-state index contributed by atoms with van der Waals surface area (Å²) in [6.45, 7) is 7.90. The second kappa shape index (κ2) is 26.2. The van der Waals surface area contributed by atoms with E-state index >= 15 is 4.39 Å². The Hall–Kier alpha value is -7.52. The van der Waals surface area contributed by atoms with Crippen molar-refractivity contribution in [2.45, 2.75) is 101 Å². The maximum absolute atomic E-state index is 15.2. The zero-order chi connectivity index (χ0) is 56.7. The molecule has 3 aliphatic rings. The summed E-state index contributed by atoms with van der Waals surface area (Å²) < 4.78 is 43.5. The van der Waals surface area contributed by atoms with Gasteiger partial charge in [-0.1, -0.05) is 34.4 Å². The number of benzene rings is 4. The predicted octanol–water partition coefficient (Wildman–Crippen LogP) is 10.6. The van der Waals surface area contributed by atoms with Gasteiger partial charge in [0.05, 0.1) is 28.3 Å². The van der Waals surface area contributed by atoms with E-state index in [0.29, 0.717) is 55.6 Å². The fourth-order valence-electron chi connectivity index (χ4n) is 9.51. The van der Waals surface area contributed by atoms with Gasteiger partial charge in [0.2, 0.25) is 11.8 Å². The molecule has 0 bridgehead atoms. The number of nitrogens with one attached hydrogen (secondary N) is 4. The van der Waals surface area contributed by atoms with Gasteiger partial charge in [-0.25, -0.2) is 22.9 Å². The fraction of sp³-hybridized carbons (Fsp3) is 0.322. The summed E-state index contributed by atoms with van der Waals surface area (Å²) >= 11 is 3.96. The second-order valence-corrected chi connectivity index (χ2v) is 21.9. The van der Waals surface area contributed by atoms with Crippen molar-refractivity contribution in [2.24, 2.45) is 14.1 Å². The number of carbonyl (C=O) groups excluding carboxylic acids is 2. The minimum Gasteiger partial charge on any atom is -0.381 e. The molecule has 1 aliphatic heterocycles. The highest BCUT2D eigenvalue weighted by atomic mass is 127. The van der Waals surface area contributed by atoms with E-state index in [1.807, 2.05) is 45.2 Å². The van der Waals surface area contributed by atoms with Crippen LogP contribution < -0.4 is 54.9 Å². The molecule has 2 aliphatic carbocycles. The number of aromatic nitrogens is 6. The summed E-state index contributed by atoms with van der Waals surface area (Å²) in [5.74, 6) is -1.65. The molecule has 2 amide bonds. The van der Waals surface area contributed by atoms with Crippen molar-refractivity contribution >= 4 is 113 Å². The molecule has 4 aromatic heterocycles. The number of fused-ring (bicyclic) bond motifs is 2.